The van der Waals surface area contributed by atoms with Gasteiger partial charge in [-0.25, -0.2) is 8.42 Å². The van der Waals surface area contributed by atoms with E-state index in [2.05, 4.69) is 11.8 Å². The third-order valence-corrected chi connectivity index (χ3v) is 7.48. The van der Waals surface area contributed by atoms with Crippen molar-refractivity contribution in [1.82, 2.24) is 9.21 Å². The summed E-state index contributed by atoms with van der Waals surface area (Å²) in [5.74, 6) is 6.13. The van der Waals surface area contributed by atoms with E-state index in [0.717, 1.165) is 12.8 Å². The highest BCUT2D eigenvalue weighted by Crippen LogP contribution is 2.34. The van der Waals surface area contributed by atoms with Crippen LogP contribution in [-0.4, -0.2) is 67.5 Å². The Morgan fingerprint density at radius 3 is 2.71 bits per heavy atom. The summed E-state index contributed by atoms with van der Waals surface area (Å²) in [5.41, 5.74) is 0.675. The van der Waals surface area contributed by atoms with E-state index in [1.807, 2.05) is 13.8 Å². The number of carbonyl (C=O) groups excluding carboxylic acids is 1. The Hall–Kier alpha value is -2.08. The summed E-state index contributed by atoms with van der Waals surface area (Å²) >= 11 is 0. The molecule has 2 rings (SSSR count). The second-order valence-electron chi connectivity index (χ2n) is 8.08. The lowest BCUT2D eigenvalue weighted by molar-refractivity contribution is -0.131. The van der Waals surface area contributed by atoms with Gasteiger partial charge in [0, 0.05) is 44.0 Å². The van der Waals surface area contributed by atoms with Crippen molar-refractivity contribution in [3.63, 3.8) is 0 Å². The summed E-state index contributed by atoms with van der Waals surface area (Å²) in [7, 11) is -2.16. The highest BCUT2D eigenvalue weighted by molar-refractivity contribution is 7.89. The number of hydrogen-bond donors (Lipinski definition) is 1. The van der Waals surface area contributed by atoms with Crippen LogP contribution in [0.1, 0.15) is 52.5 Å². The Kier molecular flexibility index (Phi) is 8.92. The third-order valence-electron chi connectivity index (χ3n) is 5.46. The van der Waals surface area contributed by atoms with Crippen molar-refractivity contribution in [2.75, 3.05) is 26.7 Å². The first-order valence-electron chi connectivity index (χ1n) is 10.8. The first kappa shape index (κ1) is 25.2. The molecule has 1 heterocycles. The van der Waals surface area contributed by atoms with Crippen LogP contribution < -0.4 is 4.74 Å². The van der Waals surface area contributed by atoms with Gasteiger partial charge in [-0.3, -0.25) is 4.79 Å². The molecule has 0 aliphatic carbocycles. The molecule has 0 bridgehead atoms. The Labute approximate surface area is 186 Å². The number of fused-ring (bicyclic) bond motifs is 1. The maximum atomic E-state index is 13.4. The lowest BCUT2D eigenvalue weighted by Crippen LogP contribution is -2.50. The summed E-state index contributed by atoms with van der Waals surface area (Å²) in [4.78, 5) is 13.8. The van der Waals surface area contributed by atoms with E-state index in [0.29, 0.717) is 18.5 Å². The Morgan fingerprint density at radius 1 is 1.39 bits per heavy atom. The van der Waals surface area contributed by atoms with Crippen LogP contribution in [0.15, 0.2) is 23.1 Å². The van der Waals surface area contributed by atoms with Gasteiger partial charge in [0.1, 0.15) is 16.7 Å². The van der Waals surface area contributed by atoms with Crippen molar-refractivity contribution in [1.29, 1.82) is 0 Å². The molecular formula is C23H34N2O5S. The number of hydrogen-bond acceptors (Lipinski definition) is 5. The van der Waals surface area contributed by atoms with Gasteiger partial charge >= 0.3 is 0 Å². The molecule has 0 unspecified atom stereocenters. The largest absolute Gasteiger partial charge is 0.487 e. The molecular weight excluding hydrogens is 416 g/mol. The number of ether oxygens (including phenoxy) is 1. The summed E-state index contributed by atoms with van der Waals surface area (Å²) in [6.07, 6.45) is 1.66. The number of amides is 1. The molecule has 1 aliphatic heterocycles. The number of unbranched alkanes of at least 4 members (excludes halogenated alkanes) is 1. The summed E-state index contributed by atoms with van der Waals surface area (Å²) in [6.45, 7) is 7.65. The number of rotatable bonds is 6. The first-order valence-corrected chi connectivity index (χ1v) is 12.3. The molecule has 0 radical (unpaired) electrons. The van der Waals surface area contributed by atoms with Gasteiger partial charge < -0.3 is 14.7 Å². The zero-order valence-corrected chi connectivity index (χ0v) is 19.9. The van der Waals surface area contributed by atoms with Crippen molar-refractivity contribution in [3.05, 3.63) is 23.8 Å². The maximum absolute atomic E-state index is 13.4. The molecule has 3 atom stereocenters. The smallest absolute Gasteiger partial charge is 0.247 e. The van der Waals surface area contributed by atoms with Crippen molar-refractivity contribution in [3.8, 4) is 17.6 Å². The predicted octanol–water partition coefficient (Wildman–Crippen LogP) is 2.48. The minimum absolute atomic E-state index is 0.00882. The van der Waals surface area contributed by atoms with Crippen LogP contribution in [0.5, 0.6) is 5.75 Å². The number of likely N-dealkylation sites (N-methyl/N-ethyl adjacent to an activating group) is 1. The zero-order chi connectivity index (χ0) is 23.2. The first-order chi connectivity index (χ1) is 14.6. The standard InChI is InChI=1S/C23H34N2O5S/c1-6-8-9-10-19-11-12-22-20(13-19)30-21(15-24(5)23(27)7-2)17(3)14-25(18(4)16-26)31(22,28)29/h11-13,17-18,21,26H,6-8,14-16H2,1-5H3/t17-,18+,21-/m0/s1. The van der Waals surface area contributed by atoms with Gasteiger partial charge in [-0.1, -0.05) is 32.6 Å². The summed E-state index contributed by atoms with van der Waals surface area (Å²) in [6, 6.07) is 4.27. The number of carbonyl (C=O) groups is 1. The van der Waals surface area contributed by atoms with Crippen LogP contribution in [0.4, 0.5) is 0 Å². The van der Waals surface area contributed by atoms with E-state index in [1.54, 1.807) is 37.9 Å². The molecule has 7 nitrogen and oxygen atoms in total. The number of benzene rings is 1. The van der Waals surface area contributed by atoms with Gasteiger partial charge in [-0.2, -0.15) is 4.31 Å². The highest BCUT2D eigenvalue weighted by Gasteiger charge is 2.38. The lowest BCUT2D eigenvalue weighted by atomic mass is 10.0. The van der Waals surface area contributed by atoms with Crippen LogP contribution in [0.2, 0.25) is 0 Å². The van der Waals surface area contributed by atoms with Gasteiger partial charge in [0.05, 0.1) is 13.2 Å². The van der Waals surface area contributed by atoms with Crippen LogP contribution in [0, 0.1) is 17.8 Å². The summed E-state index contributed by atoms with van der Waals surface area (Å²) < 4.78 is 34.4. The van der Waals surface area contributed by atoms with Crippen LogP contribution in [0.3, 0.4) is 0 Å². The van der Waals surface area contributed by atoms with Gasteiger partial charge in [-0.05, 0) is 31.5 Å². The van der Waals surface area contributed by atoms with Crippen molar-refractivity contribution in [2.24, 2.45) is 5.92 Å². The highest BCUT2D eigenvalue weighted by atomic mass is 32.2. The fourth-order valence-electron chi connectivity index (χ4n) is 3.45. The monoisotopic (exact) mass is 450 g/mol. The second kappa shape index (κ2) is 11.0. The Balaban J connectivity index is 2.56. The molecule has 1 aromatic carbocycles. The molecule has 31 heavy (non-hydrogen) atoms. The van der Waals surface area contributed by atoms with Crippen molar-refractivity contribution >= 4 is 15.9 Å². The van der Waals surface area contributed by atoms with Crippen LogP contribution in [0.25, 0.3) is 0 Å². The molecule has 0 saturated carbocycles. The van der Waals surface area contributed by atoms with Crippen LogP contribution in [-0.2, 0) is 14.8 Å². The molecule has 1 N–H and O–H groups in total. The van der Waals surface area contributed by atoms with Crippen molar-refractivity contribution in [2.45, 2.75) is 64.0 Å². The molecule has 1 aromatic rings. The summed E-state index contributed by atoms with van der Waals surface area (Å²) in [5, 5.41) is 9.69. The van der Waals surface area contributed by atoms with E-state index in [-0.39, 0.29) is 35.6 Å². The molecule has 1 aliphatic rings. The van der Waals surface area contributed by atoms with E-state index in [1.165, 1.54) is 10.4 Å². The van der Waals surface area contributed by atoms with E-state index >= 15 is 0 Å². The molecule has 0 saturated heterocycles. The van der Waals surface area contributed by atoms with Gasteiger partial charge in [-0.15, -0.1) is 0 Å². The third kappa shape index (κ3) is 6.00. The lowest BCUT2D eigenvalue weighted by Gasteiger charge is -2.37. The number of nitrogens with zero attached hydrogens (tertiary/aromatic N) is 2. The van der Waals surface area contributed by atoms with Crippen molar-refractivity contribution < 1.29 is 23.1 Å². The van der Waals surface area contributed by atoms with Crippen LogP contribution >= 0.6 is 0 Å². The fourth-order valence-corrected chi connectivity index (χ4v) is 5.28. The van der Waals surface area contributed by atoms with Gasteiger partial charge in [0.15, 0.2) is 0 Å². The molecule has 0 aromatic heterocycles. The Morgan fingerprint density at radius 2 is 2.10 bits per heavy atom. The minimum Gasteiger partial charge on any atom is -0.487 e. The minimum atomic E-state index is -3.88. The number of sulfonamides is 1. The zero-order valence-electron chi connectivity index (χ0n) is 19.1. The fraction of sp³-hybridized carbons (Fsp3) is 0.609. The topological polar surface area (TPSA) is 87.2 Å². The second-order valence-corrected chi connectivity index (χ2v) is 9.94. The predicted molar refractivity (Wildman–Crippen MR) is 120 cm³/mol. The van der Waals surface area contributed by atoms with E-state index < -0.39 is 22.2 Å². The normalized spacial score (nSPS) is 21.5. The maximum Gasteiger partial charge on any atom is 0.247 e. The molecule has 1 amide bonds. The SMILES string of the molecule is CCCC#Cc1ccc2c(c1)O[C@@H](CN(C)C(=O)CC)[C@@H](C)CN([C@H](C)CO)S2(=O)=O. The Bertz CT molecular complexity index is 935. The molecule has 172 valence electrons. The molecule has 0 spiro atoms. The molecule has 8 heteroatoms. The quantitative estimate of drug-likeness (QED) is 0.673. The average molecular weight is 451 g/mol. The van der Waals surface area contributed by atoms with Gasteiger partial charge in [0.2, 0.25) is 15.9 Å². The van der Waals surface area contributed by atoms with Gasteiger partial charge in [0.25, 0.3) is 0 Å². The number of aliphatic hydroxyl groups is 1. The molecule has 0 fully saturated rings. The van der Waals surface area contributed by atoms with E-state index in [4.69, 9.17) is 4.74 Å². The van der Waals surface area contributed by atoms with E-state index in [9.17, 15) is 18.3 Å². The average Bonchev–Trinajstić information content (AvgIpc) is 2.75. The number of aliphatic hydroxyl groups excluding tert-OH is 1.